The Balaban J connectivity index is 2.17. The zero-order valence-corrected chi connectivity index (χ0v) is 12.6. The Kier molecular flexibility index (Phi) is 5.20. The molecule has 0 spiro atoms. The average Bonchev–Trinajstić information content (AvgIpc) is 2.49. The van der Waals surface area contributed by atoms with Gasteiger partial charge in [-0.3, -0.25) is 9.59 Å². The maximum absolute atomic E-state index is 12.5. The van der Waals surface area contributed by atoms with Gasteiger partial charge in [-0.15, -0.1) is 0 Å². The Morgan fingerprint density at radius 2 is 1.71 bits per heavy atom. The third-order valence-electron chi connectivity index (χ3n) is 3.40. The molecule has 1 saturated heterocycles. The Hall–Kier alpha value is -2.04. The first-order chi connectivity index (χ1) is 10.2. The molecular weight excluding hydrogens is 270 g/mol. The number of amides is 1. The van der Waals surface area contributed by atoms with Crippen LogP contribution in [-0.2, 0) is 4.79 Å². The van der Waals surface area contributed by atoms with E-state index in [1.54, 1.807) is 23.1 Å². The molecule has 2 rings (SSSR count). The molecule has 5 heteroatoms. The predicted molar refractivity (Wildman–Crippen MR) is 78.9 cm³/mol. The zero-order valence-electron chi connectivity index (χ0n) is 12.6. The van der Waals surface area contributed by atoms with Gasteiger partial charge in [-0.2, -0.15) is 0 Å². The number of benzene rings is 1. The van der Waals surface area contributed by atoms with E-state index in [0.29, 0.717) is 56.2 Å². The van der Waals surface area contributed by atoms with Gasteiger partial charge in [0.1, 0.15) is 5.78 Å². The maximum atomic E-state index is 12.5. The lowest BCUT2D eigenvalue weighted by Crippen LogP contribution is -2.38. The lowest BCUT2D eigenvalue weighted by Gasteiger charge is -2.26. The third kappa shape index (κ3) is 3.74. The molecule has 0 bridgehead atoms. The Morgan fingerprint density at radius 3 is 2.33 bits per heavy atom. The number of carbonyl (C=O) groups is 2. The first-order valence-corrected chi connectivity index (χ1v) is 7.36. The number of hydrogen-bond acceptors (Lipinski definition) is 4. The standard InChI is InChI=1S/C16H21NO4/c1-3-20-14-6-5-12(11-15(14)21-4-2)16(19)17-9-7-13(18)8-10-17/h5-6,11H,3-4,7-10H2,1-2H3. The second-order valence-electron chi connectivity index (χ2n) is 4.86. The van der Waals surface area contributed by atoms with E-state index in [2.05, 4.69) is 0 Å². The van der Waals surface area contributed by atoms with Crippen molar-refractivity contribution >= 4 is 11.7 Å². The van der Waals surface area contributed by atoms with Gasteiger partial charge >= 0.3 is 0 Å². The van der Waals surface area contributed by atoms with Gasteiger partial charge in [0.25, 0.3) is 5.91 Å². The van der Waals surface area contributed by atoms with Crippen molar-refractivity contribution in [2.45, 2.75) is 26.7 Å². The van der Waals surface area contributed by atoms with Gasteiger partial charge in [0.15, 0.2) is 11.5 Å². The topological polar surface area (TPSA) is 55.8 Å². The fraction of sp³-hybridized carbons (Fsp3) is 0.500. The largest absolute Gasteiger partial charge is 0.490 e. The number of nitrogens with zero attached hydrogens (tertiary/aromatic N) is 1. The first-order valence-electron chi connectivity index (χ1n) is 7.36. The van der Waals surface area contributed by atoms with Crippen LogP contribution < -0.4 is 9.47 Å². The van der Waals surface area contributed by atoms with E-state index in [0.717, 1.165) is 0 Å². The van der Waals surface area contributed by atoms with Crippen molar-refractivity contribution in [3.8, 4) is 11.5 Å². The van der Waals surface area contributed by atoms with E-state index in [1.807, 2.05) is 13.8 Å². The molecule has 0 unspecified atom stereocenters. The van der Waals surface area contributed by atoms with Crippen molar-refractivity contribution in [2.24, 2.45) is 0 Å². The molecule has 0 atom stereocenters. The lowest BCUT2D eigenvalue weighted by atomic mass is 10.1. The smallest absolute Gasteiger partial charge is 0.254 e. The van der Waals surface area contributed by atoms with E-state index in [4.69, 9.17) is 9.47 Å². The molecule has 0 aromatic heterocycles. The molecule has 0 aliphatic carbocycles. The van der Waals surface area contributed by atoms with Crippen LogP contribution in [0.15, 0.2) is 18.2 Å². The highest BCUT2D eigenvalue weighted by molar-refractivity contribution is 5.96. The van der Waals surface area contributed by atoms with E-state index in [1.165, 1.54) is 0 Å². The summed E-state index contributed by atoms with van der Waals surface area (Å²) in [4.78, 5) is 25.4. The van der Waals surface area contributed by atoms with E-state index < -0.39 is 0 Å². The highest BCUT2D eigenvalue weighted by Gasteiger charge is 2.22. The summed E-state index contributed by atoms with van der Waals surface area (Å²) in [6, 6.07) is 5.22. The van der Waals surface area contributed by atoms with Gasteiger partial charge in [-0.05, 0) is 32.0 Å². The maximum Gasteiger partial charge on any atom is 0.254 e. The highest BCUT2D eigenvalue weighted by Crippen LogP contribution is 2.29. The normalized spacial score (nSPS) is 15.0. The average molecular weight is 291 g/mol. The van der Waals surface area contributed by atoms with Crippen LogP contribution in [-0.4, -0.2) is 42.9 Å². The van der Waals surface area contributed by atoms with Crippen LogP contribution in [0.3, 0.4) is 0 Å². The van der Waals surface area contributed by atoms with Crippen LogP contribution >= 0.6 is 0 Å². The molecule has 1 fully saturated rings. The van der Waals surface area contributed by atoms with Gasteiger partial charge < -0.3 is 14.4 Å². The molecule has 0 saturated carbocycles. The monoisotopic (exact) mass is 291 g/mol. The predicted octanol–water partition coefficient (Wildman–Crippen LogP) is 2.29. The fourth-order valence-corrected chi connectivity index (χ4v) is 2.33. The molecule has 1 aromatic carbocycles. The minimum absolute atomic E-state index is 0.0634. The molecular formula is C16H21NO4. The molecule has 1 heterocycles. The third-order valence-corrected chi connectivity index (χ3v) is 3.40. The SMILES string of the molecule is CCOc1ccc(C(=O)N2CCC(=O)CC2)cc1OCC. The summed E-state index contributed by atoms with van der Waals surface area (Å²) in [5, 5.41) is 0. The molecule has 0 N–H and O–H groups in total. The van der Waals surface area contributed by atoms with Crippen molar-refractivity contribution in [2.75, 3.05) is 26.3 Å². The number of ether oxygens (including phenoxy) is 2. The summed E-state index contributed by atoms with van der Waals surface area (Å²) in [7, 11) is 0. The Labute approximate surface area is 124 Å². The summed E-state index contributed by atoms with van der Waals surface area (Å²) in [5.74, 6) is 1.38. The van der Waals surface area contributed by atoms with Crippen LogP contribution in [0.25, 0.3) is 0 Å². The summed E-state index contributed by atoms with van der Waals surface area (Å²) in [6.07, 6.45) is 0.891. The van der Waals surface area contributed by atoms with Gasteiger partial charge in [0, 0.05) is 31.5 Å². The number of rotatable bonds is 5. The summed E-state index contributed by atoms with van der Waals surface area (Å²) in [6.45, 7) is 5.83. The van der Waals surface area contributed by atoms with E-state index >= 15 is 0 Å². The van der Waals surface area contributed by atoms with Gasteiger partial charge in [0.05, 0.1) is 13.2 Å². The van der Waals surface area contributed by atoms with Crippen molar-refractivity contribution in [3.63, 3.8) is 0 Å². The summed E-state index contributed by atoms with van der Waals surface area (Å²) >= 11 is 0. The first kappa shape index (κ1) is 15.4. The minimum atomic E-state index is -0.0634. The van der Waals surface area contributed by atoms with Crippen LogP contribution in [0.4, 0.5) is 0 Å². The molecule has 1 aliphatic rings. The number of piperidine rings is 1. The number of likely N-dealkylation sites (tertiary alicyclic amines) is 1. The van der Waals surface area contributed by atoms with E-state index in [-0.39, 0.29) is 11.7 Å². The second kappa shape index (κ2) is 7.11. The zero-order chi connectivity index (χ0) is 15.2. The fourth-order valence-electron chi connectivity index (χ4n) is 2.33. The molecule has 21 heavy (non-hydrogen) atoms. The Bertz CT molecular complexity index is 517. The summed E-state index contributed by atoms with van der Waals surface area (Å²) in [5.41, 5.74) is 0.566. The molecule has 0 radical (unpaired) electrons. The number of ketones is 1. The summed E-state index contributed by atoms with van der Waals surface area (Å²) < 4.78 is 11.0. The van der Waals surface area contributed by atoms with Crippen molar-refractivity contribution in [3.05, 3.63) is 23.8 Å². The van der Waals surface area contributed by atoms with Crippen LogP contribution in [0.2, 0.25) is 0 Å². The highest BCUT2D eigenvalue weighted by atomic mass is 16.5. The quantitative estimate of drug-likeness (QED) is 0.835. The minimum Gasteiger partial charge on any atom is -0.490 e. The molecule has 5 nitrogen and oxygen atoms in total. The van der Waals surface area contributed by atoms with Crippen LogP contribution in [0, 0.1) is 0 Å². The molecule has 1 amide bonds. The van der Waals surface area contributed by atoms with Crippen molar-refractivity contribution < 1.29 is 19.1 Å². The number of hydrogen-bond donors (Lipinski definition) is 0. The van der Waals surface area contributed by atoms with Crippen molar-refractivity contribution in [1.29, 1.82) is 0 Å². The van der Waals surface area contributed by atoms with Crippen LogP contribution in [0.1, 0.15) is 37.0 Å². The molecule has 114 valence electrons. The van der Waals surface area contributed by atoms with Crippen molar-refractivity contribution in [1.82, 2.24) is 4.90 Å². The number of Topliss-reactive ketones (excluding diaryl/α,β-unsaturated/α-hetero) is 1. The van der Waals surface area contributed by atoms with Crippen LogP contribution in [0.5, 0.6) is 11.5 Å². The van der Waals surface area contributed by atoms with Gasteiger partial charge in [-0.1, -0.05) is 0 Å². The Morgan fingerprint density at radius 1 is 1.10 bits per heavy atom. The molecule has 1 aromatic rings. The lowest BCUT2D eigenvalue weighted by molar-refractivity contribution is -0.120. The van der Waals surface area contributed by atoms with Gasteiger partial charge in [0.2, 0.25) is 0 Å². The second-order valence-corrected chi connectivity index (χ2v) is 4.86. The van der Waals surface area contributed by atoms with Gasteiger partial charge in [-0.25, -0.2) is 0 Å². The number of carbonyl (C=O) groups excluding carboxylic acids is 2. The molecule has 1 aliphatic heterocycles. The van der Waals surface area contributed by atoms with E-state index in [9.17, 15) is 9.59 Å².